The maximum Gasteiger partial charge on any atom is 0.170 e. The molecule has 104 valence electrons. The molecule has 0 atom stereocenters. The van der Waals surface area contributed by atoms with Crippen LogP contribution in [0, 0.1) is 26.2 Å². The molecule has 1 saturated carbocycles. The number of rotatable bonds is 5. The van der Waals surface area contributed by atoms with E-state index in [1.165, 1.54) is 0 Å². The van der Waals surface area contributed by atoms with Crippen molar-refractivity contribution in [1.29, 1.82) is 0 Å². The van der Waals surface area contributed by atoms with Crippen molar-refractivity contribution in [3.05, 3.63) is 28.3 Å². The number of methoxy groups -OCH3 is 1. The summed E-state index contributed by atoms with van der Waals surface area (Å²) < 4.78 is 5.42. The molecule has 3 nitrogen and oxygen atoms in total. The van der Waals surface area contributed by atoms with Crippen molar-refractivity contribution >= 4 is 5.78 Å². The van der Waals surface area contributed by atoms with E-state index in [9.17, 15) is 4.79 Å². The molecular formula is C16H23NO2. The maximum absolute atomic E-state index is 12.8. The standard InChI is InChI=1S/C16H23NO2/c1-10-8-13(11(2)12(3)14(10)19-5)15(18)16(6-7-16)9-17-4/h8,17H,6-7,9H2,1-5H3. The van der Waals surface area contributed by atoms with Gasteiger partial charge in [0.05, 0.1) is 7.11 Å². The lowest BCUT2D eigenvalue weighted by atomic mass is 9.88. The van der Waals surface area contributed by atoms with E-state index < -0.39 is 0 Å². The number of nitrogens with one attached hydrogen (secondary N) is 1. The van der Waals surface area contributed by atoms with Gasteiger partial charge in [-0.05, 0) is 63.4 Å². The average Bonchev–Trinajstić information content (AvgIpc) is 3.15. The molecule has 1 aliphatic carbocycles. The normalized spacial score (nSPS) is 16.3. The Morgan fingerprint density at radius 3 is 2.42 bits per heavy atom. The second-order valence-corrected chi connectivity index (χ2v) is 5.66. The van der Waals surface area contributed by atoms with E-state index >= 15 is 0 Å². The molecule has 19 heavy (non-hydrogen) atoms. The van der Waals surface area contributed by atoms with Crippen LogP contribution in [-0.2, 0) is 0 Å². The van der Waals surface area contributed by atoms with Crippen LogP contribution in [0.15, 0.2) is 6.07 Å². The molecule has 0 unspecified atom stereocenters. The van der Waals surface area contributed by atoms with Crippen LogP contribution in [0.25, 0.3) is 0 Å². The van der Waals surface area contributed by atoms with Gasteiger partial charge in [0.25, 0.3) is 0 Å². The summed E-state index contributed by atoms with van der Waals surface area (Å²) in [6.07, 6.45) is 1.99. The van der Waals surface area contributed by atoms with Crippen molar-refractivity contribution < 1.29 is 9.53 Å². The third-order valence-electron chi connectivity index (χ3n) is 4.33. The Morgan fingerprint density at radius 1 is 1.32 bits per heavy atom. The maximum atomic E-state index is 12.8. The van der Waals surface area contributed by atoms with Crippen LogP contribution in [0.5, 0.6) is 5.75 Å². The molecule has 1 aromatic carbocycles. The van der Waals surface area contributed by atoms with Crippen LogP contribution >= 0.6 is 0 Å². The quantitative estimate of drug-likeness (QED) is 0.828. The SMILES string of the molecule is CNCC1(C(=O)c2cc(C)c(OC)c(C)c2C)CC1. The summed E-state index contributed by atoms with van der Waals surface area (Å²) in [7, 11) is 3.59. The van der Waals surface area contributed by atoms with Crippen LogP contribution in [0.1, 0.15) is 39.9 Å². The Hall–Kier alpha value is -1.35. The van der Waals surface area contributed by atoms with Crippen molar-refractivity contribution in [2.24, 2.45) is 5.41 Å². The Bertz CT molecular complexity index is 516. The first kappa shape index (κ1) is 14.1. The highest BCUT2D eigenvalue weighted by Crippen LogP contribution is 2.48. The average molecular weight is 261 g/mol. The molecule has 0 radical (unpaired) electrons. The minimum Gasteiger partial charge on any atom is -0.496 e. The first-order chi connectivity index (χ1) is 8.96. The van der Waals surface area contributed by atoms with E-state index in [1.54, 1.807) is 7.11 Å². The lowest BCUT2D eigenvalue weighted by molar-refractivity contribution is 0.0899. The fourth-order valence-electron chi connectivity index (χ4n) is 2.87. The molecule has 0 saturated heterocycles. The molecule has 0 amide bonds. The molecule has 1 N–H and O–H groups in total. The summed E-state index contributed by atoms with van der Waals surface area (Å²) >= 11 is 0. The largest absolute Gasteiger partial charge is 0.496 e. The number of ether oxygens (including phenoxy) is 1. The molecule has 3 heteroatoms. The van der Waals surface area contributed by atoms with E-state index in [4.69, 9.17) is 4.74 Å². The van der Waals surface area contributed by atoms with E-state index in [2.05, 4.69) is 5.32 Å². The molecule has 0 aliphatic heterocycles. The number of carbonyl (C=O) groups excluding carboxylic acids is 1. The fraction of sp³-hybridized carbons (Fsp3) is 0.562. The third-order valence-corrected chi connectivity index (χ3v) is 4.33. The van der Waals surface area contributed by atoms with Gasteiger partial charge in [-0.15, -0.1) is 0 Å². The van der Waals surface area contributed by atoms with E-state index in [0.29, 0.717) is 0 Å². The highest BCUT2D eigenvalue weighted by atomic mass is 16.5. The smallest absolute Gasteiger partial charge is 0.170 e. The van der Waals surface area contributed by atoms with Gasteiger partial charge in [0.1, 0.15) is 5.75 Å². The highest BCUT2D eigenvalue weighted by molar-refractivity contribution is 6.04. The van der Waals surface area contributed by atoms with Gasteiger partial charge in [0, 0.05) is 17.5 Å². The van der Waals surface area contributed by atoms with Gasteiger partial charge in [-0.1, -0.05) is 0 Å². The van der Waals surface area contributed by atoms with Crippen LogP contribution in [0.3, 0.4) is 0 Å². The first-order valence-corrected chi connectivity index (χ1v) is 6.81. The predicted octanol–water partition coefficient (Wildman–Crippen LogP) is 2.80. The molecule has 1 aliphatic rings. The van der Waals surface area contributed by atoms with Gasteiger partial charge < -0.3 is 10.1 Å². The second kappa shape index (κ2) is 4.97. The molecule has 0 aromatic heterocycles. The molecule has 1 fully saturated rings. The summed E-state index contributed by atoms with van der Waals surface area (Å²) in [4.78, 5) is 12.8. The number of ketones is 1. The summed E-state index contributed by atoms with van der Waals surface area (Å²) in [5.74, 6) is 1.18. The Labute approximate surface area is 115 Å². The predicted molar refractivity (Wildman–Crippen MR) is 77.1 cm³/mol. The summed E-state index contributed by atoms with van der Waals surface area (Å²) in [5.41, 5.74) is 3.87. The first-order valence-electron chi connectivity index (χ1n) is 6.81. The zero-order valence-corrected chi connectivity index (χ0v) is 12.5. The van der Waals surface area contributed by atoms with E-state index in [0.717, 1.165) is 47.4 Å². The van der Waals surface area contributed by atoms with Gasteiger partial charge in [0.15, 0.2) is 5.78 Å². The second-order valence-electron chi connectivity index (χ2n) is 5.66. The van der Waals surface area contributed by atoms with Crippen molar-refractivity contribution in [1.82, 2.24) is 5.32 Å². The number of carbonyl (C=O) groups is 1. The van der Waals surface area contributed by atoms with Crippen LogP contribution in [0.4, 0.5) is 0 Å². The van der Waals surface area contributed by atoms with Gasteiger partial charge in [-0.2, -0.15) is 0 Å². The number of hydrogen-bond donors (Lipinski definition) is 1. The summed E-state index contributed by atoms with van der Waals surface area (Å²) in [6.45, 7) is 6.81. The van der Waals surface area contributed by atoms with Gasteiger partial charge in [0.2, 0.25) is 0 Å². The Kier molecular flexibility index (Phi) is 3.68. The number of hydrogen-bond acceptors (Lipinski definition) is 3. The molecule has 2 rings (SSSR count). The van der Waals surface area contributed by atoms with Crippen molar-refractivity contribution in [3.8, 4) is 5.75 Å². The monoisotopic (exact) mass is 261 g/mol. The molecule has 0 heterocycles. The zero-order valence-electron chi connectivity index (χ0n) is 12.5. The van der Waals surface area contributed by atoms with Crippen molar-refractivity contribution in [2.45, 2.75) is 33.6 Å². The minimum atomic E-state index is -0.160. The lowest BCUT2D eigenvalue weighted by Crippen LogP contribution is -2.28. The molecule has 0 bridgehead atoms. The fourth-order valence-corrected chi connectivity index (χ4v) is 2.87. The highest BCUT2D eigenvalue weighted by Gasteiger charge is 2.49. The Balaban J connectivity index is 2.44. The third kappa shape index (κ3) is 2.27. The lowest BCUT2D eigenvalue weighted by Gasteiger charge is -2.19. The van der Waals surface area contributed by atoms with Crippen LogP contribution in [0.2, 0.25) is 0 Å². The molecule has 1 aromatic rings. The number of aryl methyl sites for hydroxylation is 1. The van der Waals surface area contributed by atoms with Crippen molar-refractivity contribution in [3.63, 3.8) is 0 Å². The van der Waals surface area contributed by atoms with Gasteiger partial charge in [-0.3, -0.25) is 4.79 Å². The molecular weight excluding hydrogens is 238 g/mol. The minimum absolute atomic E-state index is 0.160. The number of Topliss-reactive ketones (excluding diaryl/α,β-unsaturated/α-hetero) is 1. The zero-order chi connectivity index (χ0) is 14.2. The van der Waals surface area contributed by atoms with E-state index in [1.807, 2.05) is 33.9 Å². The Morgan fingerprint density at radius 2 is 1.95 bits per heavy atom. The topological polar surface area (TPSA) is 38.3 Å². The van der Waals surface area contributed by atoms with Crippen LogP contribution in [-0.4, -0.2) is 26.5 Å². The van der Waals surface area contributed by atoms with Gasteiger partial charge in [-0.25, -0.2) is 0 Å². The van der Waals surface area contributed by atoms with Gasteiger partial charge >= 0.3 is 0 Å². The van der Waals surface area contributed by atoms with E-state index in [-0.39, 0.29) is 11.2 Å². The summed E-state index contributed by atoms with van der Waals surface area (Å²) in [6, 6.07) is 1.99. The van der Waals surface area contributed by atoms with Crippen LogP contribution < -0.4 is 10.1 Å². The summed E-state index contributed by atoms with van der Waals surface area (Å²) in [5, 5.41) is 3.15. The molecule has 0 spiro atoms. The van der Waals surface area contributed by atoms with Crippen molar-refractivity contribution in [2.75, 3.05) is 20.7 Å². The number of benzene rings is 1.